The van der Waals surface area contributed by atoms with Gasteiger partial charge in [-0.05, 0) is 37.9 Å². The molecule has 2 rings (SSSR count). The zero-order chi connectivity index (χ0) is 13.7. The van der Waals surface area contributed by atoms with Gasteiger partial charge in [0.05, 0.1) is 0 Å². The highest BCUT2D eigenvalue weighted by molar-refractivity contribution is 5.30. The molecule has 1 heterocycles. The fraction of sp³-hybridized carbons (Fsp3) is 0.625. The molecule has 1 aliphatic rings. The minimum absolute atomic E-state index is 0.562. The summed E-state index contributed by atoms with van der Waals surface area (Å²) in [6.07, 6.45) is 2.24. The highest BCUT2D eigenvalue weighted by Crippen LogP contribution is 2.25. The minimum Gasteiger partial charge on any atom is -0.385 e. The Morgan fingerprint density at radius 2 is 2.11 bits per heavy atom. The second kappa shape index (κ2) is 7.04. The maximum atomic E-state index is 5.23. The fourth-order valence-electron chi connectivity index (χ4n) is 3.00. The van der Waals surface area contributed by atoms with Crippen molar-refractivity contribution in [2.45, 2.75) is 38.4 Å². The van der Waals surface area contributed by atoms with E-state index in [0.29, 0.717) is 12.1 Å². The van der Waals surface area contributed by atoms with Crippen molar-refractivity contribution in [2.24, 2.45) is 0 Å². The molecule has 1 aliphatic heterocycles. The van der Waals surface area contributed by atoms with Crippen LogP contribution in [0, 0.1) is 0 Å². The van der Waals surface area contributed by atoms with E-state index >= 15 is 0 Å². The van der Waals surface area contributed by atoms with Gasteiger partial charge < -0.3 is 10.1 Å². The zero-order valence-electron chi connectivity index (χ0n) is 12.4. The van der Waals surface area contributed by atoms with Crippen molar-refractivity contribution in [3.8, 4) is 0 Å². The molecule has 1 aromatic rings. The van der Waals surface area contributed by atoms with E-state index in [-0.39, 0.29) is 0 Å². The smallest absolute Gasteiger partial charge is 0.0477 e. The van der Waals surface area contributed by atoms with Gasteiger partial charge in [-0.2, -0.15) is 0 Å². The summed E-state index contributed by atoms with van der Waals surface area (Å²) < 4.78 is 5.23. The third-order valence-electron chi connectivity index (χ3n) is 4.14. The maximum absolute atomic E-state index is 5.23. The Bertz CT molecular complexity index is 394. The summed E-state index contributed by atoms with van der Waals surface area (Å²) in [5, 5.41) is 3.34. The van der Waals surface area contributed by atoms with Gasteiger partial charge in [0.2, 0.25) is 0 Å². The van der Waals surface area contributed by atoms with E-state index in [2.05, 4.69) is 41.4 Å². The van der Waals surface area contributed by atoms with Crippen molar-refractivity contribution in [2.75, 3.05) is 27.3 Å². The van der Waals surface area contributed by atoms with Gasteiger partial charge in [0.1, 0.15) is 0 Å². The normalized spacial score (nSPS) is 21.1. The Labute approximate surface area is 116 Å². The van der Waals surface area contributed by atoms with Gasteiger partial charge in [-0.15, -0.1) is 0 Å². The molecule has 1 N–H and O–H groups in total. The van der Waals surface area contributed by atoms with Crippen LogP contribution in [-0.2, 0) is 17.7 Å². The molecule has 2 unspecified atom stereocenters. The molecule has 0 saturated heterocycles. The molecule has 0 amide bonds. The van der Waals surface area contributed by atoms with Crippen molar-refractivity contribution in [3.63, 3.8) is 0 Å². The van der Waals surface area contributed by atoms with Crippen molar-refractivity contribution >= 4 is 0 Å². The predicted octanol–water partition coefficient (Wildman–Crippen LogP) is 2.06. The van der Waals surface area contributed by atoms with E-state index < -0.39 is 0 Å². The zero-order valence-corrected chi connectivity index (χ0v) is 12.4. The average molecular weight is 262 g/mol. The molecule has 1 aromatic carbocycles. The van der Waals surface area contributed by atoms with E-state index in [1.807, 2.05) is 7.05 Å². The summed E-state index contributed by atoms with van der Waals surface area (Å²) in [4.78, 5) is 2.62. The summed E-state index contributed by atoms with van der Waals surface area (Å²) in [6.45, 7) is 5.26. The standard InChI is InChI=1S/C16H26N2O/c1-13(8-9-19-3)18-12-15-7-5-4-6-14(15)10-16(18)11-17-2/h4-7,13,16-17H,8-12H2,1-3H3. The van der Waals surface area contributed by atoms with Gasteiger partial charge in [-0.25, -0.2) is 0 Å². The Morgan fingerprint density at radius 3 is 2.79 bits per heavy atom. The number of nitrogens with zero attached hydrogens (tertiary/aromatic N) is 1. The van der Waals surface area contributed by atoms with Crippen LogP contribution >= 0.6 is 0 Å². The lowest BCUT2D eigenvalue weighted by atomic mass is 9.92. The number of likely N-dealkylation sites (N-methyl/N-ethyl adjacent to an activating group) is 1. The van der Waals surface area contributed by atoms with Crippen LogP contribution in [0.4, 0.5) is 0 Å². The molecular formula is C16H26N2O. The number of hydrogen-bond donors (Lipinski definition) is 1. The number of rotatable bonds is 6. The monoisotopic (exact) mass is 262 g/mol. The lowest BCUT2D eigenvalue weighted by molar-refractivity contribution is 0.0891. The van der Waals surface area contributed by atoms with Crippen LogP contribution in [-0.4, -0.2) is 44.3 Å². The minimum atomic E-state index is 0.562. The molecule has 0 bridgehead atoms. The first-order valence-electron chi connectivity index (χ1n) is 7.22. The van der Waals surface area contributed by atoms with Gasteiger partial charge in [-0.1, -0.05) is 24.3 Å². The van der Waals surface area contributed by atoms with Gasteiger partial charge in [-0.3, -0.25) is 4.90 Å². The number of nitrogens with one attached hydrogen (secondary N) is 1. The van der Waals surface area contributed by atoms with Gasteiger partial charge >= 0.3 is 0 Å². The molecule has 3 nitrogen and oxygen atoms in total. The molecule has 106 valence electrons. The summed E-state index contributed by atoms with van der Waals surface area (Å²) in [6, 6.07) is 9.99. The van der Waals surface area contributed by atoms with Gasteiger partial charge in [0.25, 0.3) is 0 Å². The Morgan fingerprint density at radius 1 is 1.37 bits per heavy atom. The van der Waals surface area contributed by atoms with E-state index in [1.165, 1.54) is 11.1 Å². The van der Waals surface area contributed by atoms with Crippen LogP contribution in [0.3, 0.4) is 0 Å². The van der Waals surface area contributed by atoms with Crippen LogP contribution in [0.5, 0.6) is 0 Å². The second-order valence-corrected chi connectivity index (χ2v) is 5.49. The molecule has 0 spiro atoms. The van der Waals surface area contributed by atoms with Crippen LogP contribution in [0.25, 0.3) is 0 Å². The summed E-state index contributed by atoms with van der Waals surface area (Å²) in [7, 11) is 3.82. The van der Waals surface area contributed by atoms with Crippen LogP contribution < -0.4 is 5.32 Å². The Hall–Kier alpha value is -0.900. The predicted molar refractivity (Wildman–Crippen MR) is 79.4 cm³/mol. The van der Waals surface area contributed by atoms with E-state index in [0.717, 1.165) is 32.5 Å². The molecule has 0 fully saturated rings. The number of methoxy groups -OCH3 is 1. The van der Waals surface area contributed by atoms with Crippen LogP contribution in [0.15, 0.2) is 24.3 Å². The maximum Gasteiger partial charge on any atom is 0.0477 e. The number of fused-ring (bicyclic) bond motifs is 1. The summed E-state index contributed by atoms with van der Waals surface area (Å²) in [5.74, 6) is 0. The molecule has 0 radical (unpaired) electrons. The quantitative estimate of drug-likeness (QED) is 0.849. The third kappa shape index (κ3) is 3.56. The average Bonchev–Trinajstić information content (AvgIpc) is 2.44. The van der Waals surface area contributed by atoms with E-state index in [4.69, 9.17) is 4.74 Å². The Kier molecular flexibility index (Phi) is 5.37. The summed E-state index contributed by atoms with van der Waals surface area (Å²) in [5.41, 5.74) is 3.00. The molecule has 2 atom stereocenters. The first kappa shape index (κ1) is 14.5. The number of hydrogen-bond acceptors (Lipinski definition) is 3. The second-order valence-electron chi connectivity index (χ2n) is 5.49. The molecular weight excluding hydrogens is 236 g/mol. The SMILES string of the molecule is CNCC1Cc2ccccc2CN1C(C)CCOC. The lowest BCUT2D eigenvalue weighted by Gasteiger charge is -2.41. The van der Waals surface area contributed by atoms with Crippen molar-refractivity contribution < 1.29 is 4.74 Å². The molecule has 3 heteroatoms. The molecule has 0 saturated carbocycles. The van der Waals surface area contributed by atoms with Gasteiger partial charge in [0, 0.05) is 38.9 Å². The topological polar surface area (TPSA) is 24.5 Å². The van der Waals surface area contributed by atoms with Crippen LogP contribution in [0.2, 0.25) is 0 Å². The van der Waals surface area contributed by atoms with Crippen molar-refractivity contribution in [1.82, 2.24) is 10.2 Å². The Balaban J connectivity index is 2.11. The van der Waals surface area contributed by atoms with E-state index in [1.54, 1.807) is 7.11 Å². The van der Waals surface area contributed by atoms with E-state index in [9.17, 15) is 0 Å². The van der Waals surface area contributed by atoms with Crippen molar-refractivity contribution in [3.05, 3.63) is 35.4 Å². The first-order valence-corrected chi connectivity index (χ1v) is 7.22. The number of benzene rings is 1. The highest BCUT2D eigenvalue weighted by Gasteiger charge is 2.28. The first-order chi connectivity index (χ1) is 9.26. The molecule has 0 aliphatic carbocycles. The van der Waals surface area contributed by atoms with Crippen LogP contribution in [0.1, 0.15) is 24.5 Å². The largest absolute Gasteiger partial charge is 0.385 e. The van der Waals surface area contributed by atoms with Crippen molar-refractivity contribution in [1.29, 1.82) is 0 Å². The summed E-state index contributed by atoms with van der Waals surface area (Å²) >= 11 is 0. The lowest BCUT2D eigenvalue weighted by Crippen LogP contribution is -2.49. The molecule has 0 aromatic heterocycles. The third-order valence-corrected chi connectivity index (χ3v) is 4.14. The fourth-order valence-corrected chi connectivity index (χ4v) is 3.00. The molecule has 19 heavy (non-hydrogen) atoms. The number of ether oxygens (including phenoxy) is 1. The highest BCUT2D eigenvalue weighted by atomic mass is 16.5. The van der Waals surface area contributed by atoms with Gasteiger partial charge in [0.15, 0.2) is 0 Å².